The molecule has 0 fully saturated rings. The van der Waals surface area contributed by atoms with Gasteiger partial charge in [-0.1, -0.05) is 38.3 Å². The van der Waals surface area contributed by atoms with Crippen molar-refractivity contribution in [1.82, 2.24) is 0 Å². The van der Waals surface area contributed by atoms with Crippen LogP contribution in [-0.2, 0) is 4.74 Å². The molecule has 1 atom stereocenters. The minimum atomic E-state index is -0.451. The average molecular weight is 297 g/mol. The molecule has 124 valence electrons. The molecule has 0 aromatic rings. The van der Waals surface area contributed by atoms with Crippen LogP contribution in [0.5, 0.6) is 0 Å². The van der Waals surface area contributed by atoms with E-state index in [1.165, 1.54) is 12.0 Å². The smallest absolute Gasteiger partial charge is 0.0650 e. The maximum Gasteiger partial charge on any atom is 0.0650 e. The van der Waals surface area contributed by atoms with Gasteiger partial charge in [0.05, 0.1) is 12.2 Å². The van der Waals surface area contributed by atoms with E-state index in [1.54, 1.807) is 0 Å². The number of ether oxygens (including phenoxy) is 1. The van der Waals surface area contributed by atoms with E-state index in [1.807, 2.05) is 0 Å². The molecule has 0 spiro atoms. The molecule has 1 unspecified atom stereocenters. The van der Waals surface area contributed by atoms with Crippen molar-refractivity contribution in [3.63, 3.8) is 0 Å². The van der Waals surface area contributed by atoms with Crippen molar-refractivity contribution >= 4 is 0 Å². The van der Waals surface area contributed by atoms with Gasteiger partial charge in [0.25, 0.3) is 0 Å². The highest BCUT2D eigenvalue weighted by molar-refractivity contribution is 5.08. The Morgan fingerprint density at radius 3 is 2.62 bits per heavy atom. The summed E-state index contributed by atoms with van der Waals surface area (Å²) in [4.78, 5) is 0. The molecule has 21 heavy (non-hydrogen) atoms. The number of allylic oxidation sites excluding steroid dienone is 2. The van der Waals surface area contributed by atoms with Crippen LogP contribution in [0.15, 0.2) is 11.6 Å². The van der Waals surface area contributed by atoms with Crippen LogP contribution in [0.2, 0.25) is 0 Å². The first-order valence-corrected chi connectivity index (χ1v) is 8.81. The quantitative estimate of drug-likeness (QED) is 0.450. The monoisotopic (exact) mass is 297 g/mol. The van der Waals surface area contributed by atoms with E-state index in [-0.39, 0.29) is 0 Å². The van der Waals surface area contributed by atoms with E-state index in [4.69, 9.17) is 10.5 Å². The van der Waals surface area contributed by atoms with Crippen LogP contribution in [0.3, 0.4) is 0 Å². The van der Waals surface area contributed by atoms with Gasteiger partial charge in [-0.15, -0.1) is 0 Å². The molecule has 0 saturated heterocycles. The molecule has 0 radical (unpaired) electrons. The van der Waals surface area contributed by atoms with Gasteiger partial charge in [-0.3, -0.25) is 0 Å². The zero-order valence-electron chi connectivity index (χ0n) is 14.1. The van der Waals surface area contributed by atoms with Gasteiger partial charge < -0.3 is 15.6 Å². The Kier molecular flexibility index (Phi) is 9.21. The van der Waals surface area contributed by atoms with Crippen molar-refractivity contribution < 1.29 is 9.84 Å². The van der Waals surface area contributed by atoms with Gasteiger partial charge in [-0.25, -0.2) is 0 Å². The van der Waals surface area contributed by atoms with Crippen LogP contribution >= 0.6 is 0 Å². The molecule has 1 aliphatic carbocycles. The Labute approximate surface area is 130 Å². The lowest BCUT2D eigenvalue weighted by atomic mass is 9.82. The highest BCUT2D eigenvalue weighted by Crippen LogP contribution is 2.32. The highest BCUT2D eigenvalue weighted by Gasteiger charge is 2.25. The van der Waals surface area contributed by atoms with Crippen molar-refractivity contribution in [2.75, 3.05) is 19.8 Å². The summed E-state index contributed by atoms with van der Waals surface area (Å²) in [6.07, 6.45) is 11.8. The molecule has 0 bridgehead atoms. The molecule has 0 amide bonds. The predicted molar refractivity (Wildman–Crippen MR) is 89.3 cm³/mol. The summed E-state index contributed by atoms with van der Waals surface area (Å²) in [5.41, 5.74) is 6.53. The van der Waals surface area contributed by atoms with E-state index in [9.17, 15) is 5.11 Å². The minimum absolute atomic E-state index is 0.451. The Balaban J connectivity index is 2.37. The third-order valence-corrected chi connectivity index (χ3v) is 4.52. The third kappa shape index (κ3) is 7.44. The summed E-state index contributed by atoms with van der Waals surface area (Å²) in [6.45, 7) is 6.43. The molecule has 0 heterocycles. The van der Waals surface area contributed by atoms with Crippen molar-refractivity contribution in [2.24, 2.45) is 11.7 Å². The molecule has 0 aromatic heterocycles. The van der Waals surface area contributed by atoms with Crippen molar-refractivity contribution in [1.29, 1.82) is 0 Å². The first-order valence-electron chi connectivity index (χ1n) is 8.81. The summed E-state index contributed by atoms with van der Waals surface area (Å²) < 4.78 is 5.59. The lowest BCUT2D eigenvalue weighted by Crippen LogP contribution is -2.28. The molecule has 3 N–H and O–H groups in total. The van der Waals surface area contributed by atoms with Gasteiger partial charge in [-0.2, -0.15) is 0 Å². The topological polar surface area (TPSA) is 55.5 Å². The van der Waals surface area contributed by atoms with E-state index in [0.29, 0.717) is 19.1 Å². The highest BCUT2D eigenvalue weighted by atomic mass is 16.5. The second-order valence-corrected chi connectivity index (χ2v) is 6.60. The van der Waals surface area contributed by atoms with E-state index in [2.05, 4.69) is 19.9 Å². The van der Waals surface area contributed by atoms with E-state index < -0.39 is 5.60 Å². The number of rotatable bonds is 11. The number of hydrogen-bond donors (Lipinski definition) is 2. The summed E-state index contributed by atoms with van der Waals surface area (Å²) >= 11 is 0. The molecule has 3 nitrogen and oxygen atoms in total. The van der Waals surface area contributed by atoms with Crippen LogP contribution in [0.4, 0.5) is 0 Å². The lowest BCUT2D eigenvalue weighted by molar-refractivity contribution is 0.0126. The fraction of sp³-hybridized carbons (Fsp3) is 0.889. The first-order chi connectivity index (χ1) is 10.1. The van der Waals surface area contributed by atoms with E-state index >= 15 is 0 Å². The molecule has 1 rings (SSSR count). The number of hydrogen-bond acceptors (Lipinski definition) is 3. The van der Waals surface area contributed by atoms with Gasteiger partial charge >= 0.3 is 0 Å². The molecule has 3 heteroatoms. The van der Waals surface area contributed by atoms with Crippen molar-refractivity contribution in [3.05, 3.63) is 11.6 Å². The largest absolute Gasteiger partial charge is 0.390 e. The predicted octanol–water partition coefficient (Wildman–Crippen LogP) is 3.80. The van der Waals surface area contributed by atoms with Crippen LogP contribution in [-0.4, -0.2) is 30.5 Å². The average Bonchev–Trinajstić information content (AvgIpc) is 2.47. The Hall–Kier alpha value is -0.380. The third-order valence-electron chi connectivity index (χ3n) is 4.52. The van der Waals surface area contributed by atoms with Gasteiger partial charge in [0.1, 0.15) is 0 Å². The molecule has 0 saturated carbocycles. The Bertz CT molecular complexity index is 296. The standard InChI is InChI=1S/C18H35NO2/c1-3-9-18(20,10-4-2)11-8-16-6-5-7-17(14-16)15-21-13-12-19/h6,17,20H,3-5,7-15,19H2,1-2H3. The fourth-order valence-corrected chi connectivity index (χ4v) is 3.46. The lowest BCUT2D eigenvalue weighted by Gasteiger charge is -2.29. The second kappa shape index (κ2) is 10.4. The minimum Gasteiger partial charge on any atom is -0.390 e. The van der Waals surface area contributed by atoms with Crippen LogP contribution < -0.4 is 5.73 Å². The SMILES string of the molecule is CCCC(O)(CCC)CCC1=CCCC(COCCN)C1. The van der Waals surface area contributed by atoms with Crippen LogP contribution in [0.25, 0.3) is 0 Å². The first kappa shape index (κ1) is 18.7. The summed E-state index contributed by atoms with van der Waals surface area (Å²) in [5.74, 6) is 0.641. The molecule has 0 aromatic carbocycles. The number of nitrogens with two attached hydrogens (primary N) is 1. The Morgan fingerprint density at radius 2 is 2.00 bits per heavy atom. The zero-order chi connectivity index (χ0) is 15.6. The summed E-state index contributed by atoms with van der Waals surface area (Å²) in [6, 6.07) is 0. The van der Waals surface area contributed by atoms with E-state index in [0.717, 1.165) is 58.0 Å². The van der Waals surface area contributed by atoms with Crippen LogP contribution in [0.1, 0.15) is 71.6 Å². The van der Waals surface area contributed by atoms with Gasteiger partial charge in [0.2, 0.25) is 0 Å². The normalized spacial score (nSPS) is 19.6. The summed E-state index contributed by atoms with van der Waals surface area (Å²) in [7, 11) is 0. The fourth-order valence-electron chi connectivity index (χ4n) is 3.46. The Morgan fingerprint density at radius 1 is 1.29 bits per heavy atom. The van der Waals surface area contributed by atoms with Crippen molar-refractivity contribution in [2.45, 2.75) is 77.2 Å². The van der Waals surface area contributed by atoms with Gasteiger partial charge in [-0.05, 0) is 50.9 Å². The second-order valence-electron chi connectivity index (χ2n) is 6.60. The molecular formula is C18H35NO2. The maximum atomic E-state index is 10.7. The maximum absolute atomic E-state index is 10.7. The van der Waals surface area contributed by atoms with Crippen molar-refractivity contribution in [3.8, 4) is 0 Å². The van der Waals surface area contributed by atoms with Crippen LogP contribution in [0, 0.1) is 5.92 Å². The summed E-state index contributed by atoms with van der Waals surface area (Å²) in [5, 5.41) is 10.7. The molecule has 0 aliphatic heterocycles. The molecular weight excluding hydrogens is 262 g/mol. The van der Waals surface area contributed by atoms with Gasteiger partial charge in [0, 0.05) is 13.2 Å². The van der Waals surface area contributed by atoms with Gasteiger partial charge in [0.15, 0.2) is 0 Å². The number of aliphatic hydroxyl groups is 1. The zero-order valence-corrected chi connectivity index (χ0v) is 14.1. The molecule has 1 aliphatic rings.